The average Bonchev–Trinajstić information content (AvgIpc) is 2.20. The SMILES string of the molecule is CC(C)(CO)c1cc(C(F)(F)F)cc(Br)c1O. The van der Waals surface area contributed by atoms with Gasteiger partial charge in [-0.25, -0.2) is 0 Å². The second-order valence-corrected chi connectivity index (χ2v) is 5.25. The standard InChI is InChI=1S/C11H12BrF3O2/c1-10(2,5-16)7-3-6(11(13,14)15)4-8(12)9(7)17/h3-4,16-17H,5H2,1-2H3. The highest BCUT2D eigenvalue weighted by Gasteiger charge is 2.34. The zero-order valence-corrected chi connectivity index (χ0v) is 10.9. The van der Waals surface area contributed by atoms with Crippen molar-refractivity contribution in [2.45, 2.75) is 25.4 Å². The van der Waals surface area contributed by atoms with E-state index >= 15 is 0 Å². The molecule has 0 aliphatic heterocycles. The highest BCUT2D eigenvalue weighted by molar-refractivity contribution is 9.10. The van der Waals surface area contributed by atoms with Crippen LogP contribution in [0.2, 0.25) is 0 Å². The van der Waals surface area contributed by atoms with Crippen LogP contribution in [0.1, 0.15) is 25.0 Å². The summed E-state index contributed by atoms with van der Waals surface area (Å²) in [6.45, 7) is 2.73. The summed E-state index contributed by atoms with van der Waals surface area (Å²) in [5, 5.41) is 18.9. The first kappa shape index (κ1) is 14.3. The van der Waals surface area contributed by atoms with E-state index in [2.05, 4.69) is 15.9 Å². The summed E-state index contributed by atoms with van der Waals surface area (Å²) in [5.74, 6) is -0.281. The number of halogens is 4. The molecule has 0 aliphatic rings. The van der Waals surface area contributed by atoms with Crippen LogP contribution in [0.15, 0.2) is 16.6 Å². The van der Waals surface area contributed by atoms with Gasteiger partial charge in [0.25, 0.3) is 0 Å². The van der Waals surface area contributed by atoms with Gasteiger partial charge in [0.2, 0.25) is 0 Å². The minimum atomic E-state index is -4.49. The second-order valence-electron chi connectivity index (χ2n) is 4.39. The Balaban J connectivity index is 3.46. The Labute approximate surface area is 105 Å². The summed E-state index contributed by atoms with van der Waals surface area (Å²) in [6.07, 6.45) is -4.49. The molecule has 0 bridgehead atoms. The minimum Gasteiger partial charge on any atom is -0.506 e. The number of rotatable bonds is 2. The predicted molar refractivity (Wildman–Crippen MR) is 60.9 cm³/mol. The van der Waals surface area contributed by atoms with Gasteiger partial charge in [-0.1, -0.05) is 13.8 Å². The fourth-order valence-electron chi connectivity index (χ4n) is 1.36. The van der Waals surface area contributed by atoms with Gasteiger partial charge in [-0.3, -0.25) is 0 Å². The maximum Gasteiger partial charge on any atom is 0.416 e. The Morgan fingerprint density at radius 2 is 1.76 bits per heavy atom. The van der Waals surface area contributed by atoms with Gasteiger partial charge in [-0.2, -0.15) is 13.2 Å². The van der Waals surface area contributed by atoms with Gasteiger partial charge in [-0.05, 0) is 28.1 Å². The van der Waals surface area contributed by atoms with E-state index in [1.54, 1.807) is 13.8 Å². The van der Waals surface area contributed by atoms with Crippen molar-refractivity contribution in [3.8, 4) is 5.75 Å². The van der Waals surface area contributed by atoms with Gasteiger partial charge in [0.1, 0.15) is 5.75 Å². The lowest BCUT2D eigenvalue weighted by atomic mass is 9.84. The number of phenolic OH excluding ortho intramolecular Hbond substituents is 1. The van der Waals surface area contributed by atoms with Crippen LogP contribution in [0.25, 0.3) is 0 Å². The molecule has 2 N–H and O–H groups in total. The Bertz CT molecular complexity index is 427. The Morgan fingerprint density at radius 1 is 1.24 bits per heavy atom. The molecule has 1 aromatic rings. The lowest BCUT2D eigenvalue weighted by Crippen LogP contribution is -2.23. The quantitative estimate of drug-likeness (QED) is 0.878. The molecule has 96 valence electrons. The van der Waals surface area contributed by atoms with Crippen LogP contribution in [-0.4, -0.2) is 16.8 Å². The number of hydrogen-bond donors (Lipinski definition) is 2. The molecule has 17 heavy (non-hydrogen) atoms. The fraction of sp³-hybridized carbons (Fsp3) is 0.455. The van der Waals surface area contributed by atoms with Crippen LogP contribution < -0.4 is 0 Å². The summed E-state index contributed by atoms with van der Waals surface area (Å²) >= 11 is 2.88. The molecule has 0 heterocycles. The fourth-order valence-corrected chi connectivity index (χ4v) is 1.82. The van der Waals surface area contributed by atoms with Crippen molar-refractivity contribution < 1.29 is 23.4 Å². The number of aliphatic hydroxyl groups is 1. The van der Waals surface area contributed by atoms with Crippen molar-refractivity contribution in [3.05, 3.63) is 27.7 Å². The van der Waals surface area contributed by atoms with Crippen molar-refractivity contribution in [3.63, 3.8) is 0 Å². The third-order valence-electron chi connectivity index (χ3n) is 2.52. The number of alkyl halides is 3. The predicted octanol–water partition coefficient (Wildman–Crippen LogP) is 3.44. The molecule has 0 saturated carbocycles. The van der Waals surface area contributed by atoms with Crippen LogP contribution in [0.5, 0.6) is 5.75 Å². The molecule has 2 nitrogen and oxygen atoms in total. The van der Waals surface area contributed by atoms with Crippen LogP contribution in [0.3, 0.4) is 0 Å². The molecular weight excluding hydrogens is 301 g/mol. The van der Waals surface area contributed by atoms with E-state index < -0.39 is 17.2 Å². The number of aliphatic hydroxyl groups excluding tert-OH is 1. The van der Waals surface area contributed by atoms with Gasteiger partial charge in [0.15, 0.2) is 0 Å². The summed E-state index contributed by atoms with van der Waals surface area (Å²) in [6, 6.07) is 1.67. The molecule has 1 rings (SSSR count). The first-order valence-electron chi connectivity index (χ1n) is 4.80. The monoisotopic (exact) mass is 312 g/mol. The van der Waals surface area contributed by atoms with Crippen LogP contribution in [-0.2, 0) is 11.6 Å². The van der Waals surface area contributed by atoms with E-state index in [0.29, 0.717) is 0 Å². The highest BCUT2D eigenvalue weighted by atomic mass is 79.9. The van der Waals surface area contributed by atoms with Gasteiger partial charge in [0, 0.05) is 11.0 Å². The lowest BCUT2D eigenvalue weighted by molar-refractivity contribution is -0.137. The average molecular weight is 313 g/mol. The molecule has 0 spiro atoms. The van der Waals surface area contributed by atoms with Gasteiger partial charge < -0.3 is 10.2 Å². The number of hydrogen-bond acceptors (Lipinski definition) is 2. The van der Waals surface area contributed by atoms with E-state index in [4.69, 9.17) is 5.11 Å². The molecular formula is C11H12BrF3O2. The summed E-state index contributed by atoms with van der Waals surface area (Å²) in [4.78, 5) is 0. The molecule has 1 aromatic carbocycles. The topological polar surface area (TPSA) is 40.5 Å². The van der Waals surface area contributed by atoms with Crippen molar-refractivity contribution in [1.82, 2.24) is 0 Å². The van der Waals surface area contributed by atoms with Crippen molar-refractivity contribution >= 4 is 15.9 Å². The van der Waals surface area contributed by atoms with Crippen LogP contribution in [0.4, 0.5) is 13.2 Å². The van der Waals surface area contributed by atoms with Crippen molar-refractivity contribution in [2.75, 3.05) is 6.61 Å². The van der Waals surface area contributed by atoms with E-state index in [-0.39, 0.29) is 22.4 Å². The maximum absolute atomic E-state index is 12.6. The first-order chi connectivity index (χ1) is 7.59. The second kappa shape index (κ2) is 4.49. The Morgan fingerprint density at radius 3 is 2.18 bits per heavy atom. The van der Waals surface area contributed by atoms with Gasteiger partial charge in [0.05, 0.1) is 16.6 Å². The minimum absolute atomic E-state index is 0.0381. The summed E-state index contributed by atoms with van der Waals surface area (Å²) in [7, 11) is 0. The zero-order valence-electron chi connectivity index (χ0n) is 9.27. The van der Waals surface area contributed by atoms with E-state index in [1.807, 2.05) is 0 Å². The Kier molecular flexibility index (Phi) is 3.78. The molecule has 0 unspecified atom stereocenters. The maximum atomic E-state index is 12.6. The molecule has 0 aromatic heterocycles. The molecule has 6 heteroatoms. The largest absolute Gasteiger partial charge is 0.506 e. The third kappa shape index (κ3) is 2.93. The third-order valence-corrected chi connectivity index (χ3v) is 3.12. The van der Waals surface area contributed by atoms with E-state index in [0.717, 1.165) is 12.1 Å². The molecule has 0 atom stereocenters. The Hall–Kier alpha value is -0.750. The molecule has 0 saturated heterocycles. The number of aromatic hydroxyl groups is 1. The van der Waals surface area contributed by atoms with E-state index in [9.17, 15) is 18.3 Å². The normalized spacial score (nSPS) is 12.9. The van der Waals surface area contributed by atoms with Gasteiger partial charge >= 0.3 is 6.18 Å². The highest BCUT2D eigenvalue weighted by Crippen LogP contribution is 2.41. The smallest absolute Gasteiger partial charge is 0.416 e. The van der Waals surface area contributed by atoms with Crippen LogP contribution in [0, 0.1) is 0 Å². The van der Waals surface area contributed by atoms with Crippen molar-refractivity contribution in [2.24, 2.45) is 0 Å². The first-order valence-corrected chi connectivity index (χ1v) is 5.60. The zero-order chi connectivity index (χ0) is 13.4. The van der Waals surface area contributed by atoms with Gasteiger partial charge in [-0.15, -0.1) is 0 Å². The van der Waals surface area contributed by atoms with Crippen LogP contribution >= 0.6 is 15.9 Å². The number of phenols is 1. The van der Waals surface area contributed by atoms with E-state index in [1.165, 1.54) is 0 Å². The molecule has 0 amide bonds. The molecule has 0 aliphatic carbocycles. The van der Waals surface area contributed by atoms with Crippen molar-refractivity contribution in [1.29, 1.82) is 0 Å². The molecule has 0 radical (unpaired) electrons. The number of benzene rings is 1. The summed E-state index contributed by atoms with van der Waals surface area (Å²) < 4.78 is 37.8. The molecule has 0 fully saturated rings. The lowest BCUT2D eigenvalue weighted by Gasteiger charge is -2.25. The summed E-state index contributed by atoms with van der Waals surface area (Å²) in [5.41, 5.74) is -1.76.